The van der Waals surface area contributed by atoms with Gasteiger partial charge in [-0.05, 0) is 13.0 Å². The molecule has 0 saturated carbocycles. The molecule has 5 heteroatoms. The van der Waals surface area contributed by atoms with E-state index < -0.39 is 5.97 Å². The average molecular weight is 228 g/mol. The van der Waals surface area contributed by atoms with E-state index in [9.17, 15) is 9.59 Å². The van der Waals surface area contributed by atoms with Crippen LogP contribution in [0.25, 0.3) is 0 Å². The van der Waals surface area contributed by atoms with Crippen molar-refractivity contribution < 1.29 is 14.3 Å². The Hall–Kier alpha value is -1.42. The van der Waals surface area contributed by atoms with Gasteiger partial charge in [0.05, 0.1) is 17.2 Å². The molecular formula is C10H10ClNO3. The van der Waals surface area contributed by atoms with Gasteiger partial charge in [0.2, 0.25) is 0 Å². The van der Waals surface area contributed by atoms with Crippen LogP contribution in [0, 0.1) is 0 Å². The number of esters is 1. The normalized spacial score (nSPS) is 9.73. The van der Waals surface area contributed by atoms with Crippen molar-refractivity contribution in [2.24, 2.45) is 0 Å². The Kier molecular flexibility index (Phi) is 4.24. The predicted molar refractivity (Wildman–Crippen MR) is 54.8 cm³/mol. The number of Topliss-reactive ketones (excluding diaryl/α,β-unsaturated/α-hetero) is 1. The Morgan fingerprint density at radius 2 is 2.27 bits per heavy atom. The van der Waals surface area contributed by atoms with Crippen molar-refractivity contribution in [3.63, 3.8) is 0 Å². The molecule has 0 unspecified atom stereocenters. The minimum Gasteiger partial charge on any atom is -0.466 e. The molecule has 0 fully saturated rings. The highest BCUT2D eigenvalue weighted by Crippen LogP contribution is 2.15. The van der Waals surface area contributed by atoms with Crippen molar-refractivity contribution >= 4 is 23.4 Å². The summed E-state index contributed by atoms with van der Waals surface area (Å²) in [5.74, 6) is -0.936. The third kappa shape index (κ3) is 3.32. The number of carbonyl (C=O) groups excluding carboxylic acids is 2. The molecule has 0 aliphatic heterocycles. The monoisotopic (exact) mass is 227 g/mol. The van der Waals surface area contributed by atoms with Crippen LogP contribution in [0.4, 0.5) is 0 Å². The lowest BCUT2D eigenvalue weighted by Gasteiger charge is -2.02. The molecule has 0 spiro atoms. The lowest BCUT2D eigenvalue weighted by molar-refractivity contribution is -0.141. The second kappa shape index (κ2) is 5.46. The molecule has 0 saturated heterocycles. The summed E-state index contributed by atoms with van der Waals surface area (Å²) >= 11 is 5.77. The van der Waals surface area contributed by atoms with Gasteiger partial charge in [0.25, 0.3) is 0 Å². The second-order valence-corrected chi connectivity index (χ2v) is 3.17. The SMILES string of the molecule is CCOC(=O)CC(=O)c1cnccc1Cl. The third-order valence-electron chi connectivity index (χ3n) is 1.68. The Labute approximate surface area is 92.2 Å². The van der Waals surface area contributed by atoms with Crippen LogP contribution in [0.15, 0.2) is 18.5 Å². The first kappa shape index (κ1) is 11.7. The van der Waals surface area contributed by atoms with Gasteiger partial charge in [0.1, 0.15) is 6.42 Å². The van der Waals surface area contributed by atoms with Gasteiger partial charge in [0, 0.05) is 12.4 Å². The van der Waals surface area contributed by atoms with Gasteiger partial charge in [-0.2, -0.15) is 0 Å². The summed E-state index contributed by atoms with van der Waals surface area (Å²) in [5, 5.41) is 0.291. The topological polar surface area (TPSA) is 56.3 Å². The first-order valence-corrected chi connectivity index (χ1v) is 4.81. The van der Waals surface area contributed by atoms with Crippen molar-refractivity contribution in [3.05, 3.63) is 29.0 Å². The number of halogens is 1. The highest BCUT2D eigenvalue weighted by Gasteiger charge is 2.15. The summed E-state index contributed by atoms with van der Waals surface area (Å²) in [6, 6.07) is 1.50. The van der Waals surface area contributed by atoms with Crippen LogP contribution in [-0.4, -0.2) is 23.3 Å². The fourth-order valence-electron chi connectivity index (χ4n) is 1.02. The van der Waals surface area contributed by atoms with E-state index in [1.807, 2.05) is 0 Å². The fraction of sp³-hybridized carbons (Fsp3) is 0.300. The fourth-order valence-corrected chi connectivity index (χ4v) is 1.23. The smallest absolute Gasteiger partial charge is 0.313 e. The van der Waals surface area contributed by atoms with Gasteiger partial charge in [-0.1, -0.05) is 11.6 Å². The minimum absolute atomic E-state index is 0.243. The molecule has 1 rings (SSSR count). The lowest BCUT2D eigenvalue weighted by Crippen LogP contribution is -2.11. The maximum Gasteiger partial charge on any atom is 0.313 e. The number of ether oxygens (including phenoxy) is 1. The number of hydrogen-bond donors (Lipinski definition) is 0. The maximum absolute atomic E-state index is 11.5. The Bertz CT molecular complexity index is 379. The van der Waals surface area contributed by atoms with E-state index >= 15 is 0 Å². The quantitative estimate of drug-likeness (QED) is 0.448. The van der Waals surface area contributed by atoms with Crippen molar-refractivity contribution in [1.82, 2.24) is 4.98 Å². The number of hydrogen-bond acceptors (Lipinski definition) is 4. The van der Waals surface area contributed by atoms with Crippen molar-refractivity contribution in [2.45, 2.75) is 13.3 Å². The van der Waals surface area contributed by atoms with Crippen LogP contribution in [-0.2, 0) is 9.53 Å². The molecule has 0 aliphatic rings. The Morgan fingerprint density at radius 3 is 2.87 bits per heavy atom. The number of nitrogens with zero attached hydrogens (tertiary/aromatic N) is 1. The highest BCUT2D eigenvalue weighted by atomic mass is 35.5. The molecule has 0 radical (unpaired) electrons. The zero-order chi connectivity index (χ0) is 11.3. The molecule has 4 nitrogen and oxygen atoms in total. The summed E-state index contributed by atoms with van der Waals surface area (Å²) in [4.78, 5) is 26.3. The minimum atomic E-state index is -0.553. The highest BCUT2D eigenvalue weighted by molar-refractivity contribution is 6.34. The van der Waals surface area contributed by atoms with Gasteiger partial charge in [-0.15, -0.1) is 0 Å². The van der Waals surface area contributed by atoms with Crippen LogP contribution in [0.1, 0.15) is 23.7 Å². The van der Waals surface area contributed by atoms with Gasteiger partial charge in [-0.25, -0.2) is 0 Å². The number of ketones is 1. The predicted octanol–water partition coefficient (Wildman–Crippen LogP) is 1.87. The summed E-state index contributed by atoms with van der Waals surface area (Å²) in [7, 11) is 0. The van der Waals surface area contributed by atoms with E-state index in [1.54, 1.807) is 6.92 Å². The molecule has 0 aromatic carbocycles. The van der Waals surface area contributed by atoms with Crippen molar-refractivity contribution in [3.8, 4) is 0 Å². The molecule has 0 aliphatic carbocycles. The Balaban J connectivity index is 2.70. The van der Waals surface area contributed by atoms with Crippen LogP contribution < -0.4 is 0 Å². The van der Waals surface area contributed by atoms with Gasteiger partial charge in [-0.3, -0.25) is 14.6 Å². The molecule has 0 N–H and O–H groups in total. The Morgan fingerprint density at radius 1 is 1.53 bits per heavy atom. The number of rotatable bonds is 4. The second-order valence-electron chi connectivity index (χ2n) is 2.76. The summed E-state index contributed by atoms with van der Waals surface area (Å²) in [6.45, 7) is 1.94. The molecule has 1 heterocycles. The maximum atomic E-state index is 11.5. The first-order chi connectivity index (χ1) is 7.15. The number of carbonyl (C=O) groups is 2. The van der Waals surface area contributed by atoms with E-state index in [0.29, 0.717) is 5.02 Å². The number of pyridine rings is 1. The van der Waals surface area contributed by atoms with Crippen LogP contribution >= 0.6 is 11.6 Å². The largest absolute Gasteiger partial charge is 0.466 e. The van der Waals surface area contributed by atoms with Crippen LogP contribution in [0.5, 0.6) is 0 Å². The van der Waals surface area contributed by atoms with Crippen molar-refractivity contribution in [1.29, 1.82) is 0 Å². The van der Waals surface area contributed by atoms with Crippen molar-refractivity contribution in [2.75, 3.05) is 6.61 Å². The molecule has 1 aromatic rings. The van der Waals surface area contributed by atoms with E-state index in [1.165, 1.54) is 18.5 Å². The molecule has 0 atom stereocenters. The third-order valence-corrected chi connectivity index (χ3v) is 2.01. The van der Waals surface area contributed by atoms with E-state index in [2.05, 4.69) is 9.72 Å². The summed E-state index contributed by atoms with van der Waals surface area (Å²) < 4.78 is 4.65. The van der Waals surface area contributed by atoms with E-state index in [4.69, 9.17) is 11.6 Å². The van der Waals surface area contributed by atoms with Gasteiger partial charge < -0.3 is 4.74 Å². The summed E-state index contributed by atoms with van der Waals surface area (Å²) in [6.07, 6.45) is 2.51. The average Bonchev–Trinajstić information content (AvgIpc) is 2.18. The summed E-state index contributed by atoms with van der Waals surface area (Å²) in [5.41, 5.74) is 0.243. The molecule has 0 bridgehead atoms. The zero-order valence-corrected chi connectivity index (χ0v) is 8.95. The van der Waals surface area contributed by atoms with Gasteiger partial charge >= 0.3 is 5.97 Å². The molecule has 1 aromatic heterocycles. The standard InChI is InChI=1S/C10H10ClNO3/c1-2-15-10(14)5-9(13)7-6-12-4-3-8(7)11/h3-4,6H,2,5H2,1H3. The van der Waals surface area contributed by atoms with Crippen LogP contribution in [0.2, 0.25) is 5.02 Å². The van der Waals surface area contributed by atoms with Crippen LogP contribution in [0.3, 0.4) is 0 Å². The molecule has 0 amide bonds. The molecular weight excluding hydrogens is 218 g/mol. The molecule has 15 heavy (non-hydrogen) atoms. The number of aromatic nitrogens is 1. The van der Waals surface area contributed by atoms with E-state index in [0.717, 1.165) is 0 Å². The lowest BCUT2D eigenvalue weighted by atomic mass is 10.1. The first-order valence-electron chi connectivity index (χ1n) is 4.43. The van der Waals surface area contributed by atoms with E-state index in [-0.39, 0.29) is 24.4 Å². The molecule has 80 valence electrons. The van der Waals surface area contributed by atoms with Gasteiger partial charge in [0.15, 0.2) is 5.78 Å². The zero-order valence-electron chi connectivity index (χ0n) is 8.20.